The lowest BCUT2D eigenvalue weighted by molar-refractivity contribution is 0.104. The Morgan fingerprint density at radius 2 is 0.474 bits per heavy atom. The van der Waals surface area contributed by atoms with Crippen LogP contribution in [-0.4, -0.2) is 23.4 Å². The Hall–Kier alpha value is -0.0800. The smallest absolute Gasteiger partial charge is 0.0462 e. The lowest BCUT2D eigenvalue weighted by atomic mass is 9.85. The van der Waals surface area contributed by atoms with Crippen molar-refractivity contribution in [3.8, 4) is 0 Å². The Morgan fingerprint density at radius 1 is 0.289 bits per heavy atom. The van der Waals surface area contributed by atoms with E-state index in [1.807, 2.05) is 0 Å². The van der Waals surface area contributed by atoms with Gasteiger partial charge in [-0.05, 0) is 24.7 Å². The van der Waals surface area contributed by atoms with Crippen LogP contribution < -0.4 is 0 Å². The first-order valence-electron chi connectivity index (χ1n) is 18.0. The van der Waals surface area contributed by atoms with Crippen LogP contribution in [0.4, 0.5) is 0 Å². The molecule has 0 spiro atoms. The number of aliphatic hydroxyl groups excluding tert-OH is 2. The van der Waals surface area contributed by atoms with Gasteiger partial charge in [0.15, 0.2) is 0 Å². The molecular formula is C36H74O2. The molecule has 230 valence electrons. The summed E-state index contributed by atoms with van der Waals surface area (Å²) < 4.78 is 0. The second kappa shape index (κ2) is 33.1. The van der Waals surface area contributed by atoms with Gasteiger partial charge in [-0.2, -0.15) is 0 Å². The predicted octanol–water partition coefficient (Wildman–Crippen LogP) is 11.9. The van der Waals surface area contributed by atoms with Gasteiger partial charge in [0.05, 0.1) is 0 Å². The number of hydrogen-bond donors (Lipinski definition) is 2. The minimum absolute atomic E-state index is 0.252. The molecular weight excluding hydrogens is 464 g/mol. The van der Waals surface area contributed by atoms with Crippen LogP contribution in [0, 0.1) is 11.8 Å². The van der Waals surface area contributed by atoms with Gasteiger partial charge >= 0.3 is 0 Å². The molecule has 0 aliphatic heterocycles. The second-order valence-corrected chi connectivity index (χ2v) is 12.7. The van der Waals surface area contributed by atoms with Crippen molar-refractivity contribution in [1.29, 1.82) is 0 Å². The van der Waals surface area contributed by atoms with Crippen LogP contribution in [0.5, 0.6) is 0 Å². The Balaban J connectivity index is 3.53. The van der Waals surface area contributed by atoms with Gasteiger partial charge in [-0.25, -0.2) is 0 Å². The zero-order valence-electron chi connectivity index (χ0n) is 26.7. The highest BCUT2D eigenvalue weighted by atomic mass is 16.3. The van der Waals surface area contributed by atoms with Crippen LogP contribution in [0.25, 0.3) is 0 Å². The van der Waals surface area contributed by atoms with Crippen LogP contribution in [0.3, 0.4) is 0 Å². The highest BCUT2D eigenvalue weighted by Crippen LogP contribution is 2.25. The standard InChI is InChI=1S/C36H74O2/c1-3-5-7-9-11-13-15-17-19-21-23-25-27-29-31-35(33-37)36(34-38)32-30-28-26-24-22-20-18-16-14-12-10-8-6-4-2/h35-38H,3-34H2,1-2H3. The van der Waals surface area contributed by atoms with Crippen molar-refractivity contribution in [3.63, 3.8) is 0 Å². The van der Waals surface area contributed by atoms with E-state index in [2.05, 4.69) is 13.8 Å². The third kappa shape index (κ3) is 27.5. The molecule has 0 aromatic carbocycles. The van der Waals surface area contributed by atoms with Crippen molar-refractivity contribution >= 4 is 0 Å². The van der Waals surface area contributed by atoms with Crippen molar-refractivity contribution in [2.24, 2.45) is 11.8 Å². The Bertz CT molecular complexity index is 372. The number of rotatable bonds is 33. The zero-order valence-corrected chi connectivity index (χ0v) is 26.7. The van der Waals surface area contributed by atoms with Crippen molar-refractivity contribution in [1.82, 2.24) is 0 Å². The molecule has 0 aromatic heterocycles. The fourth-order valence-corrected chi connectivity index (χ4v) is 6.15. The molecule has 2 nitrogen and oxygen atoms in total. The van der Waals surface area contributed by atoms with E-state index in [0.29, 0.717) is 11.8 Å². The summed E-state index contributed by atoms with van der Waals surface area (Å²) in [7, 11) is 0. The maximum Gasteiger partial charge on any atom is 0.0462 e. The number of aliphatic hydroxyl groups is 2. The summed E-state index contributed by atoms with van der Waals surface area (Å²) in [5.74, 6) is 0.610. The largest absolute Gasteiger partial charge is 0.396 e. The van der Waals surface area contributed by atoms with E-state index in [9.17, 15) is 10.2 Å². The molecule has 0 aromatic rings. The average molecular weight is 539 g/mol. The molecule has 0 fully saturated rings. The molecule has 0 saturated heterocycles. The van der Waals surface area contributed by atoms with Crippen LogP contribution in [0.15, 0.2) is 0 Å². The quantitative estimate of drug-likeness (QED) is 0.0815. The second-order valence-electron chi connectivity index (χ2n) is 12.7. The summed E-state index contributed by atoms with van der Waals surface area (Å²) in [6.07, 6.45) is 41.1. The van der Waals surface area contributed by atoms with Gasteiger partial charge in [-0.3, -0.25) is 0 Å². The molecule has 0 aliphatic carbocycles. The highest BCUT2D eigenvalue weighted by molar-refractivity contribution is 4.70. The van der Waals surface area contributed by atoms with Crippen molar-refractivity contribution in [3.05, 3.63) is 0 Å². The normalized spacial score (nSPS) is 13.3. The van der Waals surface area contributed by atoms with E-state index < -0.39 is 0 Å². The van der Waals surface area contributed by atoms with Crippen molar-refractivity contribution in [2.45, 2.75) is 206 Å². The number of hydrogen-bond acceptors (Lipinski definition) is 2. The Kier molecular flexibility index (Phi) is 33.1. The van der Waals surface area contributed by atoms with E-state index in [1.165, 1.54) is 180 Å². The van der Waals surface area contributed by atoms with E-state index >= 15 is 0 Å². The van der Waals surface area contributed by atoms with Gasteiger partial charge in [-0.1, -0.05) is 194 Å². The molecule has 0 aliphatic rings. The molecule has 0 radical (unpaired) electrons. The van der Waals surface area contributed by atoms with E-state index in [-0.39, 0.29) is 13.2 Å². The minimum atomic E-state index is 0.252. The minimum Gasteiger partial charge on any atom is -0.396 e. The lowest BCUT2D eigenvalue weighted by Gasteiger charge is -2.24. The third-order valence-corrected chi connectivity index (χ3v) is 8.99. The summed E-state index contributed by atoms with van der Waals surface area (Å²) in [5, 5.41) is 19.9. The molecule has 2 unspecified atom stereocenters. The van der Waals surface area contributed by atoms with Gasteiger partial charge < -0.3 is 10.2 Å². The highest BCUT2D eigenvalue weighted by Gasteiger charge is 2.19. The van der Waals surface area contributed by atoms with Gasteiger partial charge in [-0.15, -0.1) is 0 Å². The van der Waals surface area contributed by atoms with Crippen LogP contribution >= 0.6 is 0 Å². The summed E-state index contributed by atoms with van der Waals surface area (Å²) in [5.41, 5.74) is 0. The van der Waals surface area contributed by atoms with E-state index in [1.54, 1.807) is 0 Å². The number of unbranched alkanes of at least 4 members (excludes halogenated alkanes) is 26. The molecule has 0 amide bonds. The van der Waals surface area contributed by atoms with E-state index in [4.69, 9.17) is 0 Å². The van der Waals surface area contributed by atoms with Crippen molar-refractivity contribution < 1.29 is 10.2 Å². The van der Waals surface area contributed by atoms with Crippen LogP contribution in [-0.2, 0) is 0 Å². The topological polar surface area (TPSA) is 40.5 Å². The third-order valence-electron chi connectivity index (χ3n) is 8.99. The average Bonchev–Trinajstić information content (AvgIpc) is 2.93. The maximum atomic E-state index is 9.94. The van der Waals surface area contributed by atoms with Crippen LogP contribution in [0.1, 0.15) is 206 Å². The van der Waals surface area contributed by atoms with Gasteiger partial charge in [0.2, 0.25) is 0 Å². The Morgan fingerprint density at radius 3 is 0.658 bits per heavy atom. The first kappa shape index (κ1) is 37.9. The monoisotopic (exact) mass is 539 g/mol. The molecule has 38 heavy (non-hydrogen) atoms. The fourth-order valence-electron chi connectivity index (χ4n) is 6.15. The zero-order chi connectivity index (χ0) is 27.8. The molecule has 0 saturated carbocycles. The molecule has 0 heterocycles. The SMILES string of the molecule is CCCCCCCCCCCCCCCCC(CO)C(CO)CCCCCCCCCCCCCCCC. The van der Waals surface area contributed by atoms with Crippen LogP contribution in [0.2, 0.25) is 0 Å². The molecule has 2 N–H and O–H groups in total. The van der Waals surface area contributed by atoms with Gasteiger partial charge in [0, 0.05) is 13.2 Å². The first-order valence-corrected chi connectivity index (χ1v) is 18.0. The lowest BCUT2D eigenvalue weighted by Crippen LogP contribution is -2.22. The van der Waals surface area contributed by atoms with Gasteiger partial charge in [0.1, 0.15) is 0 Å². The molecule has 2 atom stereocenters. The summed E-state index contributed by atoms with van der Waals surface area (Å²) in [6, 6.07) is 0. The summed E-state index contributed by atoms with van der Waals surface area (Å²) in [4.78, 5) is 0. The van der Waals surface area contributed by atoms with Crippen molar-refractivity contribution in [2.75, 3.05) is 13.2 Å². The Labute approximate surface area is 241 Å². The fraction of sp³-hybridized carbons (Fsp3) is 1.00. The maximum absolute atomic E-state index is 9.94. The summed E-state index contributed by atoms with van der Waals surface area (Å²) >= 11 is 0. The molecule has 0 rings (SSSR count). The predicted molar refractivity (Wildman–Crippen MR) is 171 cm³/mol. The van der Waals surface area contributed by atoms with E-state index in [0.717, 1.165) is 12.8 Å². The summed E-state index contributed by atoms with van der Waals surface area (Å²) in [6.45, 7) is 5.09. The molecule has 2 heteroatoms. The first-order chi connectivity index (χ1) is 18.8. The molecule has 0 bridgehead atoms. The van der Waals surface area contributed by atoms with Gasteiger partial charge in [0.25, 0.3) is 0 Å².